The lowest BCUT2D eigenvalue weighted by Gasteiger charge is -2.34. The summed E-state index contributed by atoms with van der Waals surface area (Å²) in [6.07, 6.45) is 0. The molecule has 0 bridgehead atoms. The summed E-state index contributed by atoms with van der Waals surface area (Å²) in [6.45, 7) is 0. The Labute approximate surface area is 367 Å². The number of fused-ring (bicyclic) bond motifs is 6. The van der Waals surface area contributed by atoms with Crippen LogP contribution in [0, 0.1) is 0 Å². The van der Waals surface area contributed by atoms with E-state index >= 15 is 0 Å². The van der Waals surface area contributed by atoms with E-state index in [0.717, 1.165) is 66.8 Å². The van der Waals surface area contributed by atoms with Gasteiger partial charge in [0.15, 0.2) is 5.58 Å². The smallest absolute Gasteiger partial charge is 0.159 e. The minimum Gasteiger partial charge on any atom is -0.454 e. The Morgan fingerprint density at radius 3 is 1.57 bits per heavy atom. The van der Waals surface area contributed by atoms with Crippen LogP contribution in [0.3, 0.4) is 0 Å². The molecule has 1 heterocycles. The van der Waals surface area contributed by atoms with Gasteiger partial charge in [0, 0.05) is 22.0 Å². The van der Waals surface area contributed by atoms with Crippen molar-refractivity contribution in [1.82, 2.24) is 0 Å². The molecule has 0 saturated heterocycles. The quantitative estimate of drug-likeness (QED) is 0.152. The average molecular weight is 804 g/mol. The molecule has 12 rings (SSSR count). The summed E-state index contributed by atoms with van der Waals surface area (Å²) < 4.78 is 6.96. The van der Waals surface area contributed by atoms with Crippen molar-refractivity contribution in [1.29, 1.82) is 0 Å². The molecule has 10 aromatic carbocycles. The Balaban J connectivity index is 1.13. The highest BCUT2D eigenvalue weighted by Gasteiger charge is 2.46. The SMILES string of the molecule is c1ccc(-c2ccc(N(c3ccccc3-c3ccccc3)c3cc(-c4ccc5c(c4)C(c4ccccc4)(c4ccccc4)c4ccccc4-5)cc4c3oc3ccccc34)cc2)cc1. The van der Waals surface area contributed by atoms with Gasteiger partial charge < -0.3 is 9.32 Å². The average Bonchev–Trinajstić information content (AvgIpc) is 3.89. The fourth-order valence-corrected chi connectivity index (χ4v) is 10.1. The van der Waals surface area contributed by atoms with Crippen LogP contribution in [0.1, 0.15) is 22.3 Å². The first-order chi connectivity index (χ1) is 31.3. The second-order valence-corrected chi connectivity index (χ2v) is 16.4. The molecule has 1 aliphatic carbocycles. The fourth-order valence-electron chi connectivity index (χ4n) is 10.1. The first kappa shape index (κ1) is 36.6. The Hall–Kier alpha value is -8.20. The van der Waals surface area contributed by atoms with E-state index in [0.29, 0.717) is 0 Å². The molecule has 1 aliphatic rings. The Kier molecular flexibility index (Phi) is 8.76. The molecule has 63 heavy (non-hydrogen) atoms. The molecular weight excluding hydrogens is 763 g/mol. The number of para-hydroxylation sites is 2. The van der Waals surface area contributed by atoms with Crippen molar-refractivity contribution in [2.75, 3.05) is 4.90 Å². The van der Waals surface area contributed by atoms with E-state index in [4.69, 9.17) is 4.42 Å². The molecule has 0 saturated carbocycles. The summed E-state index contributed by atoms with van der Waals surface area (Å²) in [7, 11) is 0. The topological polar surface area (TPSA) is 16.4 Å². The number of benzene rings is 10. The lowest BCUT2D eigenvalue weighted by molar-refractivity contribution is 0.669. The van der Waals surface area contributed by atoms with Crippen molar-refractivity contribution in [3.8, 4) is 44.5 Å². The third-order valence-electron chi connectivity index (χ3n) is 13.0. The number of hydrogen-bond acceptors (Lipinski definition) is 2. The maximum absolute atomic E-state index is 6.96. The largest absolute Gasteiger partial charge is 0.454 e. The fraction of sp³-hybridized carbons (Fsp3) is 0.0164. The second kappa shape index (κ2) is 15.1. The monoisotopic (exact) mass is 803 g/mol. The first-order valence-electron chi connectivity index (χ1n) is 21.7. The van der Waals surface area contributed by atoms with E-state index in [9.17, 15) is 0 Å². The molecule has 0 unspecified atom stereocenters. The van der Waals surface area contributed by atoms with E-state index in [2.05, 4.69) is 254 Å². The van der Waals surface area contributed by atoms with Gasteiger partial charge in [0.25, 0.3) is 0 Å². The van der Waals surface area contributed by atoms with Crippen LogP contribution in [-0.4, -0.2) is 0 Å². The van der Waals surface area contributed by atoms with Gasteiger partial charge in [-0.05, 0) is 104 Å². The molecule has 0 atom stereocenters. The normalized spacial score (nSPS) is 12.6. The molecule has 2 nitrogen and oxygen atoms in total. The van der Waals surface area contributed by atoms with Crippen LogP contribution in [0.15, 0.2) is 253 Å². The predicted molar refractivity (Wildman–Crippen MR) is 262 cm³/mol. The molecule has 0 fully saturated rings. The maximum atomic E-state index is 6.96. The number of nitrogens with zero attached hydrogens (tertiary/aromatic N) is 1. The molecule has 0 N–H and O–H groups in total. The van der Waals surface area contributed by atoms with Crippen LogP contribution in [0.25, 0.3) is 66.4 Å². The van der Waals surface area contributed by atoms with E-state index in [1.807, 2.05) is 0 Å². The van der Waals surface area contributed by atoms with Crippen LogP contribution in [0.4, 0.5) is 17.1 Å². The lowest BCUT2D eigenvalue weighted by Crippen LogP contribution is -2.28. The third-order valence-corrected chi connectivity index (χ3v) is 13.0. The minimum atomic E-state index is -0.513. The maximum Gasteiger partial charge on any atom is 0.159 e. The number of anilines is 3. The van der Waals surface area contributed by atoms with Crippen molar-refractivity contribution >= 4 is 39.0 Å². The highest BCUT2D eigenvalue weighted by atomic mass is 16.3. The molecular formula is C61H41NO. The first-order valence-corrected chi connectivity index (χ1v) is 21.7. The molecule has 296 valence electrons. The molecule has 0 amide bonds. The Morgan fingerprint density at radius 2 is 0.857 bits per heavy atom. The zero-order chi connectivity index (χ0) is 41.7. The molecule has 0 aliphatic heterocycles. The van der Waals surface area contributed by atoms with Crippen molar-refractivity contribution in [3.63, 3.8) is 0 Å². The van der Waals surface area contributed by atoms with Crippen LogP contribution in [0.5, 0.6) is 0 Å². The number of hydrogen-bond donors (Lipinski definition) is 0. The predicted octanol–water partition coefficient (Wildman–Crippen LogP) is 16.4. The number of furan rings is 1. The standard InChI is InChI=1S/C61H41NO/c1-5-19-42(20-6-1)43-33-36-49(37-34-43)62(57-31-17-14-27-50(57)44-21-7-2-8-22-44)58-41-46(39-54-53-29-15-18-32-59(53)63-60(54)58)45-35-38-52-51-28-13-16-30-55(51)61(56(52)40-45,47-23-9-3-10-24-47)48-25-11-4-12-26-48/h1-41H. The molecule has 0 spiro atoms. The Bertz CT molecular complexity index is 3390. The van der Waals surface area contributed by atoms with Gasteiger partial charge in [-0.25, -0.2) is 0 Å². The van der Waals surface area contributed by atoms with Gasteiger partial charge in [-0.1, -0.05) is 206 Å². The summed E-state index contributed by atoms with van der Waals surface area (Å²) in [6, 6.07) is 90.2. The van der Waals surface area contributed by atoms with Crippen LogP contribution in [0.2, 0.25) is 0 Å². The molecule has 0 radical (unpaired) electrons. The molecule has 11 aromatic rings. The zero-order valence-electron chi connectivity index (χ0n) is 34.5. The van der Waals surface area contributed by atoms with Gasteiger partial charge in [-0.2, -0.15) is 0 Å². The van der Waals surface area contributed by atoms with Gasteiger partial charge in [0.2, 0.25) is 0 Å². The van der Waals surface area contributed by atoms with Gasteiger partial charge in [-0.3, -0.25) is 0 Å². The highest BCUT2D eigenvalue weighted by molar-refractivity contribution is 6.12. The van der Waals surface area contributed by atoms with Crippen molar-refractivity contribution < 1.29 is 4.42 Å². The highest BCUT2D eigenvalue weighted by Crippen LogP contribution is 2.57. The second-order valence-electron chi connectivity index (χ2n) is 16.4. The van der Waals surface area contributed by atoms with E-state index in [1.54, 1.807) is 0 Å². The van der Waals surface area contributed by atoms with Gasteiger partial charge in [0.05, 0.1) is 16.8 Å². The Morgan fingerprint density at radius 1 is 0.317 bits per heavy atom. The summed E-state index contributed by atoms with van der Waals surface area (Å²) in [5, 5.41) is 2.16. The van der Waals surface area contributed by atoms with E-state index in [1.165, 1.54) is 38.9 Å². The molecule has 1 aromatic heterocycles. The van der Waals surface area contributed by atoms with Crippen LogP contribution in [-0.2, 0) is 5.41 Å². The van der Waals surface area contributed by atoms with Crippen LogP contribution < -0.4 is 4.90 Å². The van der Waals surface area contributed by atoms with Crippen molar-refractivity contribution in [2.45, 2.75) is 5.41 Å². The van der Waals surface area contributed by atoms with Crippen molar-refractivity contribution in [3.05, 3.63) is 271 Å². The van der Waals surface area contributed by atoms with E-state index in [-0.39, 0.29) is 0 Å². The van der Waals surface area contributed by atoms with Gasteiger partial charge in [-0.15, -0.1) is 0 Å². The summed E-state index contributed by atoms with van der Waals surface area (Å²) in [4.78, 5) is 2.40. The third kappa shape index (κ3) is 5.95. The van der Waals surface area contributed by atoms with Crippen molar-refractivity contribution in [2.24, 2.45) is 0 Å². The molecule has 2 heteroatoms. The zero-order valence-corrected chi connectivity index (χ0v) is 34.5. The minimum absolute atomic E-state index is 0.513. The summed E-state index contributed by atoms with van der Waals surface area (Å²) in [5.74, 6) is 0. The lowest BCUT2D eigenvalue weighted by atomic mass is 9.67. The van der Waals surface area contributed by atoms with Gasteiger partial charge in [0.1, 0.15) is 5.58 Å². The summed E-state index contributed by atoms with van der Waals surface area (Å²) in [5.41, 5.74) is 18.7. The van der Waals surface area contributed by atoms with Crippen LogP contribution >= 0.6 is 0 Å². The van der Waals surface area contributed by atoms with E-state index < -0.39 is 5.41 Å². The summed E-state index contributed by atoms with van der Waals surface area (Å²) >= 11 is 0. The number of rotatable bonds is 8. The van der Waals surface area contributed by atoms with Gasteiger partial charge >= 0.3 is 0 Å².